The van der Waals surface area contributed by atoms with Crippen molar-refractivity contribution in [1.82, 2.24) is 24.8 Å². The van der Waals surface area contributed by atoms with Crippen LogP contribution in [0.15, 0.2) is 53.6 Å². The standard InChI is InChI=1S/C27H27N5O4/c1-34-25-7-6-22-27(31-25)32(26(33)16-30-22)21-5-4-18-10-17(2-3-19(18)11-21)13-28-14-20-12-23-24(15-29-20)36-9-8-35-23/h4-7,11-12,15-17,28H,2-3,8-10,13-14H2,1H3. The van der Waals surface area contributed by atoms with Gasteiger partial charge in [-0.1, -0.05) is 6.07 Å². The van der Waals surface area contributed by atoms with Crippen molar-refractivity contribution in [3.63, 3.8) is 0 Å². The summed E-state index contributed by atoms with van der Waals surface area (Å²) in [4.78, 5) is 26.0. The van der Waals surface area contributed by atoms with Gasteiger partial charge < -0.3 is 19.5 Å². The Balaban J connectivity index is 1.15. The molecule has 1 aromatic carbocycles. The van der Waals surface area contributed by atoms with Gasteiger partial charge in [-0.25, -0.2) is 4.98 Å². The molecule has 0 saturated heterocycles. The monoisotopic (exact) mass is 485 g/mol. The second-order valence-electron chi connectivity index (χ2n) is 9.14. The quantitative estimate of drug-likeness (QED) is 0.445. The minimum Gasteiger partial charge on any atom is -0.486 e. The lowest BCUT2D eigenvalue weighted by atomic mass is 9.83. The minimum absolute atomic E-state index is 0.214. The molecule has 2 aliphatic rings. The minimum atomic E-state index is -0.214. The fourth-order valence-corrected chi connectivity index (χ4v) is 4.96. The van der Waals surface area contributed by atoms with E-state index in [0.29, 0.717) is 48.5 Å². The summed E-state index contributed by atoms with van der Waals surface area (Å²) in [5.74, 6) is 2.47. The van der Waals surface area contributed by atoms with Crippen molar-refractivity contribution >= 4 is 11.2 Å². The van der Waals surface area contributed by atoms with Gasteiger partial charge in [0.1, 0.15) is 18.7 Å². The first-order valence-corrected chi connectivity index (χ1v) is 12.2. The molecule has 0 spiro atoms. The molecule has 3 aromatic heterocycles. The van der Waals surface area contributed by atoms with Gasteiger partial charge in [0.25, 0.3) is 5.56 Å². The van der Waals surface area contributed by atoms with Crippen molar-refractivity contribution in [2.75, 3.05) is 26.9 Å². The topological polar surface area (TPSA) is 100 Å². The summed E-state index contributed by atoms with van der Waals surface area (Å²) in [7, 11) is 1.56. The lowest BCUT2D eigenvalue weighted by molar-refractivity contribution is 0.170. The Morgan fingerprint density at radius 3 is 2.83 bits per heavy atom. The maximum Gasteiger partial charge on any atom is 0.275 e. The first-order valence-electron chi connectivity index (χ1n) is 12.2. The Kier molecular flexibility index (Phi) is 5.98. The Morgan fingerprint density at radius 1 is 1.06 bits per heavy atom. The molecule has 1 unspecified atom stereocenters. The number of nitrogens with one attached hydrogen (secondary N) is 1. The first kappa shape index (κ1) is 22.5. The predicted octanol–water partition coefficient (Wildman–Crippen LogP) is 2.85. The smallest absolute Gasteiger partial charge is 0.275 e. The van der Waals surface area contributed by atoms with Crippen molar-refractivity contribution in [1.29, 1.82) is 0 Å². The molecule has 9 heteroatoms. The molecule has 36 heavy (non-hydrogen) atoms. The van der Waals surface area contributed by atoms with E-state index in [-0.39, 0.29) is 5.56 Å². The lowest BCUT2D eigenvalue weighted by Gasteiger charge is -2.26. The number of fused-ring (bicyclic) bond motifs is 3. The molecule has 1 aliphatic carbocycles. The van der Waals surface area contributed by atoms with E-state index in [0.717, 1.165) is 42.9 Å². The first-order chi connectivity index (χ1) is 17.7. The number of ether oxygens (including phenoxy) is 3. The normalized spacial score (nSPS) is 16.5. The van der Waals surface area contributed by atoms with Crippen LogP contribution in [0.2, 0.25) is 0 Å². The molecule has 0 bridgehead atoms. The molecule has 0 fully saturated rings. The van der Waals surface area contributed by atoms with Crippen LogP contribution >= 0.6 is 0 Å². The molecule has 0 radical (unpaired) electrons. The van der Waals surface area contributed by atoms with Gasteiger partial charge in [0, 0.05) is 18.7 Å². The Bertz CT molecular complexity index is 1490. The molecular weight excluding hydrogens is 458 g/mol. The Labute approximate surface area is 208 Å². The van der Waals surface area contributed by atoms with E-state index in [1.807, 2.05) is 18.2 Å². The Morgan fingerprint density at radius 2 is 1.94 bits per heavy atom. The number of rotatable bonds is 6. The summed E-state index contributed by atoms with van der Waals surface area (Å²) >= 11 is 0. The summed E-state index contributed by atoms with van der Waals surface area (Å²) in [6, 6.07) is 11.8. The molecular formula is C27H27N5O4. The van der Waals surface area contributed by atoms with Crippen molar-refractivity contribution in [3.8, 4) is 23.1 Å². The summed E-state index contributed by atoms with van der Waals surface area (Å²) in [5, 5.41) is 3.55. The number of pyridine rings is 2. The number of nitrogens with zero attached hydrogens (tertiary/aromatic N) is 4. The van der Waals surface area contributed by atoms with E-state index in [1.54, 1.807) is 23.9 Å². The van der Waals surface area contributed by atoms with Crippen molar-refractivity contribution in [3.05, 3.63) is 76.0 Å². The van der Waals surface area contributed by atoms with Gasteiger partial charge in [0.2, 0.25) is 5.88 Å². The zero-order chi connectivity index (χ0) is 24.5. The van der Waals surface area contributed by atoms with Crippen LogP contribution in [0.4, 0.5) is 0 Å². The lowest BCUT2D eigenvalue weighted by Crippen LogP contribution is -2.27. The van der Waals surface area contributed by atoms with Gasteiger partial charge in [-0.15, -0.1) is 0 Å². The van der Waals surface area contributed by atoms with E-state index in [9.17, 15) is 4.79 Å². The van der Waals surface area contributed by atoms with Crippen molar-refractivity contribution in [2.24, 2.45) is 5.92 Å². The van der Waals surface area contributed by atoms with E-state index in [4.69, 9.17) is 14.2 Å². The van der Waals surface area contributed by atoms with Gasteiger partial charge in [-0.05, 0) is 61.1 Å². The van der Waals surface area contributed by atoms with E-state index < -0.39 is 0 Å². The van der Waals surface area contributed by atoms with Crippen LogP contribution in [0.5, 0.6) is 17.4 Å². The fourth-order valence-electron chi connectivity index (χ4n) is 4.96. The van der Waals surface area contributed by atoms with Crippen LogP contribution in [0.1, 0.15) is 23.2 Å². The van der Waals surface area contributed by atoms with Gasteiger partial charge in [0.15, 0.2) is 17.1 Å². The molecule has 0 saturated carbocycles. The second kappa shape index (κ2) is 9.58. The SMILES string of the molecule is COc1ccc2ncc(=O)n(-c3ccc4c(c3)CCC(CNCc3cc5c(cn3)OCCO5)C4)c2n1. The number of benzene rings is 1. The van der Waals surface area contributed by atoms with Crippen molar-refractivity contribution < 1.29 is 14.2 Å². The number of hydrogen-bond donors (Lipinski definition) is 1. The average Bonchev–Trinajstić information content (AvgIpc) is 2.92. The molecule has 1 aliphatic heterocycles. The van der Waals surface area contributed by atoms with E-state index >= 15 is 0 Å². The van der Waals surface area contributed by atoms with Gasteiger partial charge >= 0.3 is 0 Å². The average molecular weight is 486 g/mol. The molecule has 0 amide bonds. The summed E-state index contributed by atoms with van der Waals surface area (Å²) in [6.45, 7) is 2.74. The summed E-state index contributed by atoms with van der Waals surface area (Å²) < 4.78 is 18.1. The van der Waals surface area contributed by atoms with E-state index in [1.165, 1.54) is 17.3 Å². The third-order valence-corrected chi connectivity index (χ3v) is 6.79. The number of aromatic nitrogens is 4. The van der Waals surface area contributed by atoms with Crippen LogP contribution in [-0.2, 0) is 19.4 Å². The summed E-state index contributed by atoms with van der Waals surface area (Å²) in [6.07, 6.45) is 6.12. The van der Waals surface area contributed by atoms with Crippen LogP contribution in [0, 0.1) is 5.92 Å². The van der Waals surface area contributed by atoms with Crippen LogP contribution in [0.25, 0.3) is 16.9 Å². The van der Waals surface area contributed by atoms with E-state index in [2.05, 4.69) is 32.4 Å². The number of methoxy groups -OCH3 is 1. The van der Waals surface area contributed by atoms with Gasteiger partial charge in [0.05, 0.1) is 30.9 Å². The highest BCUT2D eigenvalue weighted by Crippen LogP contribution is 2.30. The highest BCUT2D eigenvalue weighted by molar-refractivity contribution is 5.72. The summed E-state index contributed by atoms with van der Waals surface area (Å²) in [5.41, 5.74) is 5.27. The van der Waals surface area contributed by atoms with Crippen LogP contribution < -0.4 is 25.1 Å². The zero-order valence-corrected chi connectivity index (χ0v) is 20.1. The zero-order valence-electron chi connectivity index (χ0n) is 20.1. The van der Waals surface area contributed by atoms with Crippen LogP contribution in [-0.4, -0.2) is 46.4 Å². The predicted molar refractivity (Wildman–Crippen MR) is 134 cm³/mol. The fraction of sp³-hybridized carbons (Fsp3) is 0.333. The molecule has 4 aromatic rings. The highest BCUT2D eigenvalue weighted by atomic mass is 16.6. The third-order valence-electron chi connectivity index (χ3n) is 6.79. The molecule has 6 rings (SSSR count). The largest absolute Gasteiger partial charge is 0.486 e. The van der Waals surface area contributed by atoms with Crippen molar-refractivity contribution in [2.45, 2.75) is 25.8 Å². The molecule has 1 atom stereocenters. The Hall–Kier alpha value is -3.98. The van der Waals surface area contributed by atoms with Gasteiger partial charge in [-0.3, -0.25) is 14.3 Å². The molecule has 4 heterocycles. The second-order valence-corrected chi connectivity index (χ2v) is 9.14. The molecule has 184 valence electrons. The maximum atomic E-state index is 12.8. The number of aryl methyl sites for hydroxylation is 1. The van der Waals surface area contributed by atoms with Crippen LogP contribution in [0.3, 0.4) is 0 Å². The highest BCUT2D eigenvalue weighted by Gasteiger charge is 2.20. The molecule has 1 N–H and O–H groups in total. The molecule has 9 nitrogen and oxygen atoms in total. The third kappa shape index (κ3) is 4.37. The number of hydrogen-bond acceptors (Lipinski definition) is 8. The van der Waals surface area contributed by atoms with Gasteiger partial charge in [-0.2, -0.15) is 4.98 Å². The maximum absolute atomic E-state index is 12.8.